The van der Waals surface area contributed by atoms with Gasteiger partial charge in [-0.3, -0.25) is 15.0 Å². The van der Waals surface area contributed by atoms with Gasteiger partial charge in [-0.2, -0.15) is 15.1 Å². The van der Waals surface area contributed by atoms with Crippen molar-refractivity contribution in [3.8, 4) is 17.3 Å². The third kappa shape index (κ3) is 4.67. The monoisotopic (exact) mass is 649 g/mol. The van der Waals surface area contributed by atoms with Gasteiger partial charge in [0.1, 0.15) is 29.8 Å². The van der Waals surface area contributed by atoms with E-state index in [1.807, 2.05) is 6.07 Å². The predicted molar refractivity (Wildman–Crippen MR) is 172 cm³/mol. The van der Waals surface area contributed by atoms with Gasteiger partial charge in [-0.25, -0.2) is 8.78 Å². The van der Waals surface area contributed by atoms with E-state index in [1.54, 1.807) is 12.4 Å². The summed E-state index contributed by atoms with van der Waals surface area (Å²) in [6, 6.07) is 1.97. The van der Waals surface area contributed by atoms with Crippen LogP contribution in [0.3, 0.4) is 0 Å². The predicted octanol–water partition coefficient (Wildman–Crippen LogP) is 6.42. The number of pyridine rings is 1. The van der Waals surface area contributed by atoms with Crippen LogP contribution in [0.25, 0.3) is 33.1 Å². The van der Waals surface area contributed by atoms with E-state index in [4.69, 9.17) is 36.0 Å². The molecule has 0 amide bonds. The summed E-state index contributed by atoms with van der Waals surface area (Å²) >= 11 is 6.86. The molecule has 12 heteroatoms. The van der Waals surface area contributed by atoms with Gasteiger partial charge in [0.05, 0.1) is 28.7 Å². The summed E-state index contributed by atoms with van der Waals surface area (Å²) in [4.78, 5) is 18.9. The molecule has 46 heavy (non-hydrogen) atoms. The van der Waals surface area contributed by atoms with Crippen molar-refractivity contribution in [1.82, 2.24) is 30.0 Å². The Bertz CT molecular complexity index is 1830. The van der Waals surface area contributed by atoms with Crippen LogP contribution in [0.2, 0.25) is 5.02 Å². The molecule has 7 bridgehead atoms. The van der Waals surface area contributed by atoms with Crippen LogP contribution in [0.1, 0.15) is 63.4 Å². The van der Waals surface area contributed by atoms with E-state index in [2.05, 4.69) is 20.0 Å². The molecule has 1 N–H and O–H groups in total. The average Bonchev–Trinajstić information content (AvgIpc) is 3.73. The highest BCUT2D eigenvalue weighted by Gasteiger charge is 2.50. The molecule has 7 aliphatic rings. The zero-order valence-electron chi connectivity index (χ0n) is 25.8. The van der Waals surface area contributed by atoms with Crippen LogP contribution in [0, 0.1) is 11.2 Å². The summed E-state index contributed by atoms with van der Waals surface area (Å²) < 4.78 is 44.3. The van der Waals surface area contributed by atoms with Crippen molar-refractivity contribution in [3.05, 3.63) is 34.9 Å². The molecule has 1 saturated carbocycles. The van der Waals surface area contributed by atoms with Gasteiger partial charge in [0.2, 0.25) is 0 Å². The Morgan fingerprint density at radius 1 is 1.07 bits per heavy atom. The lowest BCUT2D eigenvalue weighted by atomic mass is 9.62. The molecule has 9 nitrogen and oxygen atoms in total. The molecule has 2 atom stereocenters. The van der Waals surface area contributed by atoms with Gasteiger partial charge in [-0.15, -0.1) is 0 Å². The Hall–Kier alpha value is -3.15. The van der Waals surface area contributed by atoms with Crippen molar-refractivity contribution in [2.45, 2.75) is 82.0 Å². The SMILES string of the molecule is Fc1c2ncc3c(nc(OC[C@@]45CCCN4C[C@H](F)C5)nc13)N1CCCC3(CC(C3)OCCCCc3c(Cl)cc4[nH]ncc4c3-2)C1. The highest BCUT2D eigenvalue weighted by Crippen LogP contribution is 2.50. The minimum Gasteiger partial charge on any atom is -0.461 e. The van der Waals surface area contributed by atoms with E-state index in [9.17, 15) is 4.39 Å². The normalized spacial score (nSPS) is 29.7. The molecule has 1 aliphatic carbocycles. The molecule has 1 aromatic carbocycles. The van der Waals surface area contributed by atoms with Crippen LogP contribution in [0.15, 0.2) is 18.5 Å². The smallest absolute Gasteiger partial charge is 0.319 e. The number of benzene rings is 1. The topological polar surface area (TPSA) is 92.3 Å². The van der Waals surface area contributed by atoms with Gasteiger partial charge in [0.25, 0.3) is 0 Å². The highest BCUT2D eigenvalue weighted by molar-refractivity contribution is 6.33. The second-order valence-corrected chi connectivity index (χ2v) is 14.7. The molecule has 3 saturated heterocycles. The fourth-order valence-electron chi connectivity index (χ4n) is 9.17. The van der Waals surface area contributed by atoms with Crippen molar-refractivity contribution in [1.29, 1.82) is 0 Å². The molecule has 0 radical (unpaired) electrons. The lowest BCUT2D eigenvalue weighted by Gasteiger charge is -2.53. The third-order valence-electron chi connectivity index (χ3n) is 11.4. The molecule has 9 heterocycles. The first-order valence-corrected chi connectivity index (χ1v) is 17.2. The van der Waals surface area contributed by atoms with Gasteiger partial charge in [0.15, 0.2) is 5.82 Å². The van der Waals surface area contributed by atoms with Gasteiger partial charge in [0, 0.05) is 54.8 Å². The van der Waals surface area contributed by atoms with Crippen molar-refractivity contribution < 1.29 is 18.3 Å². The molecule has 4 aromatic rings. The second kappa shape index (κ2) is 11.0. The Labute approximate surface area is 271 Å². The first-order valence-electron chi connectivity index (χ1n) is 16.8. The maximum atomic E-state index is 17.1. The number of piperidine rings is 1. The Morgan fingerprint density at radius 3 is 2.87 bits per heavy atom. The quantitative estimate of drug-likeness (QED) is 0.272. The van der Waals surface area contributed by atoms with E-state index in [0.29, 0.717) is 53.3 Å². The summed E-state index contributed by atoms with van der Waals surface area (Å²) in [6.07, 6.45) is 11.7. The lowest BCUT2D eigenvalue weighted by molar-refractivity contribution is -0.0864. The van der Waals surface area contributed by atoms with E-state index < -0.39 is 12.0 Å². The number of anilines is 1. The molecular formula is C34H38ClF2N7O2. The fraction of sp³-hybridized carbons (Fsp3) is 0.588. The maximum Gasteiger partial charge on any atom is 0.319 e. The number of ether oxygens (including phenoxy) is 2. The van der Waals surface area contributed by atoms with Gasteiger partial charge >= 0.3 is 6.01 Å². The Balaban J connectivity index is 1.20. The minimum absolute atomic E-state index is 0.120. The molecule has 3 aromatic heterocycles. The van der Waals surface area contributed by atoms with Crippen LogP contribution >= 0.6 is 11.6 Å². The molecule has 0 unspecified atom stereocenters. The summed E-state index contributed by atoms with van der Waals surface area (Å²) in [7, 11) is 0. The summed E-state index contributed by atoms with van der Waals surface area (Å²) in [5.74, 6) is 0.103. The van der Waals surface area contributed by atoms with Gasteiger partial charge in [-0.05, 0) is 81.4 Å². The standard InChI is InChI=1S/C34H38ClF2N7O2/c35-25-11-26-23(16-39-42-26)27-22(25)5-1-2-10-45-21-13-33(14-21)6-3-8-43(18-33)31-24-15-38-30(27)28(37)29(24)40-32(41-31)46-19-34-7-4-9-44(34)17-20(36)12-34/h11,15-16,20-21H,1-10,12-14,17-19H2,(H,39,42)/t20-,21?,33?,34+/m1/s1. The van der Waals surface area contributed by atoms with Gasteiger partial charge < -0.3 is 14.4 Å². The zero-order valence-corrected chi connectivity index (χ0v) is 26.6. The van der Waals surface area contributed by atoms with Crippen molar-refractivity contribution in [2.24, 2.45) is 5.41 Å². The largest absolute Gasteiger partial charge is 0.461 e. The number of hydrogen-bond acceptors (Lipinski definition) is 8. The number of aromatic amines is 1. The summed E-state index contributed by atoms with van der Waals surface area (Å²) in [5, 5.41) is 9.09. The first-order chi connectivity index (χ1) is 22.4. The fourth-order valence-corrected chi connectivity index (χ4v) is 9.46. The van der Waals surface area contributed by atoms with Crippen LogP contribution in [-0.2, 0) is 11.2 Å². The molecule has 242 valence electrons. The Kier molecular flexibility index (Phi) is 6.91. The van der Waals surface area contributed by atoms with Crippen LogP contribution in [-0.4, -0.2) is 87.3 Å². The number of fused-ring (bicyclic) bond motifs is 2. The number of halogens is 3. The van der Waals surface area contributed by atoms with E-state index >= 15 is 4.39 Å². The number of H-pyrrole nitrogens is 1. The molecule has 4 fully saturated rings. The number of alkyl halides is 1. The first kappa shape index (κ1) is 29.0. The zero-order chi connectivity index (χ0) is 31.0. The van der Waals surface area contributed by atoms with Crippen molar-refractivity contribution in [2.75, 3.05) is 44.3 Å². The van der Waals surface area contributed by atoms with Crippen LogP contribution in [0.4, 0.5) is 14.6 Å². The lowest BCUT2D eigenvalue weighted by Crippen LogP contribution is -2.53. The summed E-state index contributed by atoms with van der Waals surface area (Å²) in [6.45, 7) is 3.88. The van der Waals surface area contributed by atoms with Crippen LogP contribution < -0.4 is 9.64 Å². The molecule has 6 aliphatic heterocycles. The molecular weight excluding hydrogens is 612 g/mol. The molecule has 11 rings (SSSR count). The van der Waals surface area contributed by atoms with E-state index in [-0.39, 0.29) is 40.9 Å². The number of nitrogens with zero attached hydrogens (tertiary/aromatic N) is 6. The second-order valence-electron chi connectivity index (χ2n) is 14.3. The minimum atomic E-state index is -0.870. The Morgan fingerprint density at radius 2 is 1.96 bits per heavy atom. The number of rotatable bonds is 3. The van der Waals surface area contributed by atoms with Crippen molar-refractivity contribution in [3.63, 3.8) is 0 Å². The van der Waals surface area contributed by atoms with Crippen LogP contribution in [0.5, 0.6) is 6.01 Å². The molecule has 1 spiro atoms. The number of aromatic nitrogens is 5. The van der Waals surface area contributed by atoms with Crippen molar-refractivity contribution >= 4 is 39.2 Å². The number of hydrogen-bond donors (Lipinski definition) is 1. The van der Waals surface area contributed by atoms with Gasteiger partial charge in [-0.1, -0.05) is 11.6 Å². The maximum absolute atomic E-state index is 17.1. The highest BCUT2D eigenvalue weighted by atomic mass is 35.5. The van der Waals surface area contributed by atoms with E-state index in [0.717, 1.165) is 82.0 Å². The number of nitrogens with one attached hydrogen (secondary N) is 1. The summed E-state index contributed by atoms with van der Waals surface area (Å²) in [5.41, 5.74) is 2.31. The third-order valence-corrected chi connectivity index (χ3v) is 11.7. The average molecular weight is 650 g/mol. The van der Waals surface area contributed by atoms with E-state index in [1.165, 1.54) is 0 Å².